The number of nitrogens with zero attached hydrogens (tertiary/aromatic N) is 4. The number of nitrogens with one attached hydrogen (secondary N) is 2. The number of carbonyl (C=O) groups excluding carboxylic acids is 3. The van der Waals surface area contributed by atoms with Gasteiger partial charge in [0, 0.05) is 51.4 Å². The SMILES string of the molecule is COc1ccc(CCCNc2ccc([N+](=O)[O-])cc2[N+](=O)[O-])c2[nH]cc(C(=O)C(=O)N3CCN(C(C)=O)CC3C)c12. The van der Waals surface area contributed by atoms with Gasteiger partial charge in [0.1, 0.15) is 11.4 Å². The van der Waals surface area contributed by atoms with E-state index < -0.39 is 21.5 Å². The number of hydrogen-bond acceptors (Lipinski definition) is 9. The van der Waals surface area contributed by atoms with Gasteiger partial charge in [-0.1, -0.05) is 6.07 Å². The average molecular weight is 567 g/mol. The molecule has 14 heteroatoms. The fourth-order valence-corrected chi connectivity index (χ4v) is 5.06. The monoisotopic (exact) mass is 566 g/mol. The number of piperazine rings is 1. The molecule has 0 spiro atoms. The number of non-ortho nitro benzene ring substituents is 1. The van der Waals surface area contributed by atoms with E-state index >= 15 is 0 Å². The number of benzene rings is 2. The predicted molar refractivity (Wildman–Crippen MR) is 149 cm³/mol. The number of methoxy groups -OCH3 is 1. The number of fused-ring (bicyclic) bond motifs is 1. The highest BCUT2D eigenvalue weighted by Gasteiger charge is 2.34. The van der Waals surface area contributed by atoms with Crippen molar-refractivity contribution in [1.82, 2.24) is 14.8 Å². The molecule has 1 saturated heterocycles. The fraction of sp³-hybridized carbons (Fsp3) is 0.370. The summed E-state index contributed by atoms with van der Waals surface area (Å²) in [4.78, 5) is 65.5. The van der Waals surface area contributed by atoms with Crippen LogP contribution >= 0.6 is 0 Å². The van der Waals surface area contributed by atoms with Gasteiger partial charge in [-0.05, 0) is 37.5 Å². The summed E-state index contributed by atoms with van der Waals surface area (Å²) in [7, 11) is 1.47. The van der Waals surface area contributed by atoms with Crippen LogP contribution in [0, 0.1) is 20.2 Å². The van der Waals surface area contributed by atoms with E-state index in [9.17, 15) is 34.6 Å². The third-order valence-electron chi connectivity index (χ3n) is 7.20. The van der Waals surface area contributed by atoms with Crippen LogP contribution < -0.4 is 10.1 Å². The first-order valence-electron chi connectivity index (χ1n) is 13.0. The number of anilines is 1. The van der Waals surface area contributed by atoms with Crippen LogP contribution in [0.4, 0.5) is 17.1 Å². The van der Waals surface area contributed by atoms with Crippen molar-refractivity contribution in [3.63, 3.8) is 0 Å². The highest BCUT2D eigenvalue weighted by atomic mass is 16.6. The van der Waals surface area contributed by atoms with E-state index in [4.69, 9.17) is 4.74 Å². The number of aromatic nitrogens is 1. The smallest absolute Gasteiger partial charge is 0.299 e. The molecule has 14 nitrogen and oxygen atoms in total. The van der Waals surface area contributed by atoms with Crippen molar-refractivity contribution < 1.29 is 29.0 Å². The molecule has 2 aromatic carbocycles. The maximum absolute atomic E-state index is 13.4. The zero-order valence-electron chi connectivity index (χ0n) is 22.8. The maximum atomic E-state index is 13.4. The van der Waals surface area contributed by atoms with Gasteiger partial charge in [-0.3, -0.25) is 34.6 Å². The summed E-state index contributed by atoms with van der Waals surface area (Å²) in [5.41, 5.74) is 1.08. The molecule has 0 radical (unpaired) electrons. The van der Waals surface area contributed by atoms with Gasteiger partial charge in [0.25, 0.3) is 23.1 Å². The number of Topliss-reactive ketones (excluding diaryl/α,β-unsaturated/α-hetero) is 1. The normalized spacial score (nSPS) is 15.0. The molecule has 1 aliphatic heterocycles. The third kappa shape index (κ3) is 5.95. The number of amides is 2. The number of hydrogen-bond donors (Lipinski definition) is 2. The van der Waals surface area contributed by atoms with Crippen LogP contribution in [-0.2, 0) is 16.0 Å². The number of nitro groups is 2. The van der Waals surface area contributed by atoms with E-state index in [0.29, 0.717) is 49.1 Å². The number of carbonyl (C=O) groups is 3. The van der Waals surface area contributed by atoms with Gasteiger partial charge in [0.2, 0.25) is 5.91 Å². The van der Waals surface area contributed by atoms with Gasteiger partial charge in [-0.25, -0.2) is 0 Å². The number of nitro benzene ring substituents is 2. The molecule has 0 bridgehead atoms. The Morgan fingerprint density at radius 3 is 2.51 bits per heavy atom. The highest BCUT2D eigenvalue weighted by molar-refractivity contribution is 6.45. The van der Waals surface area contributed by atoms with Crippen LogP contribution in [0.15, 0.2) is 36.5 Å². The zero-order chi connectivity index (χ0) is 29.8. The zero-order valence-corrected chi connectivity index (χ0v) is 22.8. The lowest BCUT2D eigenvalue weighted by Gasteiger charge is -2.39. The molecule has 0 aliphatic carbocycles. The molecule has 0 saturated carbocycles. The van der Waals surface area contributed by atoms with E-state index in [1.807, 2.05) is 6.07 Å². The molecule has 216 valence electrons. The molecular formula is C27H30N6O8. The number of aryl methyl sites for hydroxylation is 1. The Hall–Kier alpha value is -5.01. The average Bonchev–Trinajstić information content (AvgIpc) is 3.40. The first-order valence-corrected chi connectivity index (χ1v) is 13.0. The summed E-state index contributed by atoms with van der Waals surface area (Å²) in [5, 5.41) is 25.8. The lowest BCUT2D eigenvalue weighted by Crippen LogP contribution is -2.56. The summed E-state index contributed by atoms with van der Waals surface area (Å²) in [6.07, 6.45) is 2.54. The molecule has 1 fully saturated rings. The van der Waals surface area contributed by atoms with Crippen LogP contribution in [0.25, 0.3) is 10.9 Å². The highest BCUT2D eigenvalue weighted by Crippen LogP contribution is 2.33. The summed E-state index contributed by atoms with van der Waals surface area (Å²) in [5.74, 6) is -0.981. The minimum atomic E-state index is -0.691. The Morgan fingerprint density at radius 2 is 1.88 bits per heavy atom. The van der Waals surface area contributed by atoms with Gasteiger partial charge in [0.05, 0.1) is 39.5 Å². The van der Waals surface area contributed by atoms with Gasteiger partial charge < -0.3 is 24.8 Å². The van der Waals surface area contributed by atoms with Crippen molar-refractivity contribution in [2.24, 2.45) is 0 Å². The molecule has 4 rings (SSSR count). The first-order chi connectivity index (χ1) is 19.5. The van der Waals surface area contributed by atoms with E-state index in [1.54, 1.807) is 17.9 Å². The topological polar surface area (TPSA) is 181 Å². The summed E-state index contributed by atoms with van der Waals surface area (Å²) in [6.45, 7) is 4.58. The fourth-order valence-electron chi connectivity index (χ4n) is 5.06. The van der Waals surface area contributed by atoms with Crippen molar-refractivity contribution in [1.29, 1.82) is 0 Å². The van der Waals surface area contributed by atoms with Crippen molar-refractivity contribution in [2.75, 3.05) is 38.6 Å². The van der Waals surface area contributed by atoms with Crippen LogP contribution in [0.1, 0.15) is 36.2 Å². The van der Waals surface area contributed by atoms with Gasteiger partial charge >= 0.3 is 0 Å². The van der Waals surface area contributed by atoms with Gasteiger partial charge in [0.15, 0.2) is 0 Å². The second-order valence-corrected chi connectivity index (χ2v) is 9.77. The van der Waals surface area contributed by atoms with Crippen LogP contribution in [0.5, 0.6) is 5.75 Å². The summed E-state index contributed by atoms with van der Waals surface area (Å²) >= 11 is 0. The van der Waals surface area contributed by atoms with Gasteiger partial charge in [-0.15, -0.1) is 0 Å². The Bertz CT molecular complexity index is 1530. The Morgan fingerprint density at radius 1 is 1.12 bits per heavy atom. The van der Waals surface area contributed by atoms with Crippen molar-refractivity contribution in [3.05, 3.63) is 67.9 Å². The van der Waals surface area contributed by atoms with Gasteiger partial charge in [-0.2, -0.15) is 0 Å². The molecule has 1 aromatic heterocycles. The minimum absolute atomic E-state index is 0.0784. The second-order valence-electron chi connectivity index (χ2n) is 9.77. The van der Waals surface area contributed by atoms with Crippen LogP contribution in [-0.4, -0.2) is 81.6 Å². The standard InChI is InChI=1S/C27H30N6O8/c1-16-15-30(17(2)34)11-12-31(16)27(36)26(35)20-14-29-25-18(6-9-23(41-3)24(20)25)5-4-10-28-21-8-7-19(32(37)38)13-22(21)33(39)40/h6-9,13-14,16,28-29H,4-5,10-12,15H2,1-3H3. The number of ether oxygens (including phenoxy) is 1. The number of ketones is 1. The Balaban J connectivity index is 1.49. The quantitative estimate of drug-likeness (QED) is 0.122. The van der Waals surface area contributed by atoms with Crippen molar-refractivity contribution in [2.45, 2.75) is 32.7 Å². The first kappa shape index (κ1) is 29.0. The molecule has 1 atom stereocenters. The number of rotatable bonds is 10. The van der Waals surface area contributed by atoms with E-state index in [-0.39, 0.29) is 41.1 Å². The lowest BCUT2D eigenvalue weighted by atomic mass is 10.0. The number of aromatic amines is 1. The molecule has 1 unspecified atom stereocenters. The third-order valence-corrected chi connectivity index (χ3v) is 7.20. The van der Waals surface area contributed by atoms with E-state index in [0.717, 1.165) is 11.6 Å². The van der Waals surface area contributed by atoms with Crippen LogP contribution in [0.3, 0.4) is 0 Å². The molecule has 2 amide bonds. The lowest BCUT2D eigenvalue weighted by molar-refractivity contribution is -0.393. The molecule has 2 heterocycles. The van der Waals surface area contributed by atoms with Crippen molar-refractivity contribution in [3.8, 4) is 5.75 Å². The summed E-state index contributed by atoms with van der Waals surface area (Å²) < 4.78 is 5.50. The predicted octanol–water partition coefficient (Wildman–Crippen LogP) is 3.30. The molecular weight excluding hydrogens is 536 g/mol. The second kappa shape index (κ2) is 12.0. The maximum Gasteiger partial charge on any atom is 0.299 e. The Labute approximate surface area is 234 Å². The van der Waals surface area contributed by atoms with Crippen molar-refractivity contribution >= 4 is 45.6 Å². The molecule has 1 aliphatic rings. The van der Waals surface area contributed by atoms with E-state index in [2.05, 4.69) is 10.3 Å². The largest absolute Gasteiger partial charge is 0.496 e. The molecule has 3 aromatic rings. The van der Waals surface area contributed by atoms with E-state index in [1.165, 1.54) is 37.3 Å². The molecule has 41 heavy (non-hydrogen) atoms. The number of H-pyrrole nitrogens is 1. The molecule has 2 N–H and O–H groups in total. The Kier molecular flexibility index (Phi) is 8.50. The summed E-state index contributed by atoms with van der Waals surface area (Å²) in [6, 6.07) is 6.66. The minimum Gasteiger partial charge on any atom is -0.496 e. The van der Waals surface area contributed by atoms with Crippen LogP contribution in [0.2, 0.25) is 0 Å².